The molecule has 5 N–H and O–H groups in total. The van der Waals surface area contributed by atoms with E-state index in [4.69, 9.17) is 34.8 Å². The van der Waals surface area contributed by atoms with Gasteiger partial charge < -0.3 is 23.9 Å². The molecule has 0 saturated carbocycles. The maximum absolute atomic E-state index is 11.7. The lowest BCUT2D eigenvalue weighted by molar-refractivity contribution is 0.0685. The number of aromatic amines is 3. The van der Waals surface area contributed by atoms with Gasteiger partial charge in [0.1, 0.15) is 23.2 Å². The molecule has 0 spiro atoms. The van der Waals surface area contributed by atoms with E-state index in [0.717, 1.165) is 136 Å². The molecule has 0 aliphatic carbocycles. The van der Waals surface area contributed by atoms with Crippen LogP contribution in [-0.2, 0) is 45.5 Å². The number of hydrogen-bond acceptors (Lipinski definition) is 15. The maximum Gasteiger partial charge on any atom is 0.355 e. The number of hydrogen-bond donors (Lipinski definition) is 5. The van der Waals surface area contributed by atoms with Gasteiger partial charge in [0, 0.05) is 55.6 Å². The predicted molar refractivity (Wildman–Crippen MR) is 348 cm³/mol. The van der Waals surface area contributed by atoms with Crippen molar-refractivity contribution in [3.05, 3.63) is 212 Å². The number of aromatic carboxylic acids is 1. The quantitative estimate of drug-likeness (QED) is 0.0351. The molecule has 464 valence electrons. The predicted octanol–water partition coefficient (Wildman–Crippen LogP) is 13.3. The fourth-order valence-electron chi connectivity index (χ4n) is 10.6. The number of tetrazole rings is 3. The Morgan fingerprint density at radius 1 is 0.462 bits per heavy atom. The first-order valence-corrected chi connectivity index (χ1v) is 30.9. The maximum atomic E-state index is 11.7. The second-order valence-corrected chi connectivity index (χ2v) is 22.3. The molecule has 0 bridgehead atoms. The molecular formula is C66H65Cl3N18O4. The number of aldehydes is 1. The summed E-state index contributed by atoms with van der Waals surface area (Å²) in [5.74, 6) is 3.02. The molecule has 91 heavy (non-hydrogen) atoms. The number of carbonyl (C=O) groups is 2. The third kappa shape index (κ3) is 15.4. The van der Waals surface area contributed by atoms with E-state index in [1.165, 1.54) is 0 Å². The first-order chi connectivity index (χ1) is 44.5. The molecule has 0 atom stereocenters. The zero-order chi connectivity index (χ0) is 63.6. The Morgan fingerprint density at radius 2 is 0.802 bits per heavy atom. The van der Waals surface area contributed by atoms with Crippen LogP contribution in [0.15, 0.2) is 146 Å². The van der Waals surface area contributed by atoms with Crippen LogP contribution in [0, 0.1) is 0 Å². The van der Waals surface area contributed by atoms with Crippen LogP contribution in [0.3, 0.4) is 0 Å². The average molecular weight is 1280 g/mol. The Kier molecular flexibility index (Phi) is 21.9. The van der Waals surface area contributed by atoms with Crippen molar-refractivity contribution < 1.29 is 19.8 Å². The van der Waals surface area contributed by atoms with Gasteiger partial charge in [-0.1, -0.05) is 220 Å². The van der Waals surface area contributed by atoms with E-state index in [0.29, 0.717) is 65.9 Å². The zero-order valence-electron chi connectivity index (χ0n) is 50.2. The Hall–Kier alpha value is -9.87. The number of benzene rings is 6. The van der Waals surface area contributed by atoms with Gasteiger partial charge in [0.05, 0.1) is 12.3 Å². The number of aliphatic hydroxyl groups is 1. The molecule has 12 aromatic rings. The highest BCUT2D eigenvalue weighted by atomic mass is 35.5. The van der Waals surface area contributed by atoms with E-state index < -0.39 is 5.97 Å². The Bertz CT molecular complexity index is 4300. The van der Waals surface area contributed by atoms with Gasteiger partial charge in [0.15, 0.2) is 27.4 Å². The number of nitrogens with one attached hydrogen (secondary N) is 3. The molecule has 25 heteroatoms. The highest BCUT2D eigenvalue weighted by molar-refractivity contribution is 6.32. The van der Waals surface area contributed by atoms with Crippen LogP contribution in [0.5, 0.6) is 0 Å². The lowest BCUT2D eigenvalue weighted by atomic mass is 9.98. The van der Waals surface area contributed by atoms with Crippen molar-refractivity contribution in [2.45, 2.75) is 105 Å². The molecule has 0 fully saturated rings. The SMILES string of the molecule is CCCCc1nc(Cl)c(C(=O)O)n1Cc1ccc(-c2ccccc2-c2nn[nH]n2)cc1.CCCCc1nc(Cl)c(C=O)n1Cc1ccc(-c2ccccc2-c2nn[nH]n2)cc1.CCCCc1nc(Cl)c(CO)n1Cc1ccc(-c2ccccc2-c2nn[nH]n2)cc1. The van der Waals surface area contributed by atoms with Crippen molar-refractivity contribution in [2.75, 3.05) is 0 Å². The van der Waals surface area contributed by atoms with Gasteiger partial charge >= 0.3 is 5.97 Å². The lowest BCUT2D eigenvalue weighted by Crippen LogP contribution is -2.13. The van der Waals surface area contributed by atoms with Crippen LogP contribution in [-0.4, -0.2) is 113 Å². The van der Waals surface area contributed by atoms with E-state index in [2.05, 4.69) is 146 Å². The summed E-state index contributed by atoms with van der Waals surface area (Å²) >= 11 is 18.6. The van der Waals surface area contributed by atoms with Crippen molar-refractivity contribution in [2.24, 2.45) is 0 Å². The Balaban J connectivity index is 0.000000150. The van der Waals surface area contributed by atoms with Crippen LogP contribution < -0.4 is 0 Å². The first-order valence-electron chi connectivity index (χ1n) is 29.8. The molecule has 0 unspecified atom stereocenters. The summed E-state index contributed by atoms with van der Waals surface area (Å²) in [4.78, 5) is 36.5. The summed E-state index contributed by atoms with van der Waals surface area (Å²) in [5.41, 5.74) is 13.1. The third-order valence-corrected chi connectivity index (χ3v) is 16.1. The van der Waals surface area contributed by atoms with Gasteiger partial charge in [-0.2, -0.15) is 15.6 Å². The number of H-pyrrole nitrogens is 3. The number of carboxylic acids is 1. The number of aliphatic hydroxyl groups excluding tert-OH is 1. The minimum atomic E-state index is -1.08. The summed E-state index contributed by atoms with van der Waals surface area (Å²) in [5, 5.41) is 63.1. The standard InChI is InChI=1S/C22H21ClN6O2.C22H23ClN6O.C22H21ClN6O/c1-2-3-8-18-24-20(23)19(22(30)31)29(18)13-14-9-11-15(12-10-14)16-6-4-5-7-17(16)21-25-27-28-26-21;2*1-2-3-8-20-24-21(23)19(14-30)29(20)13-15-9-11-16(12-10-15)17-6-4-5-7-18(17)22-25-27-28-26-22/h4-7,9-12H,2-3,8,13H2,1H3,(H,30,31)(H,25,26,27,28);4-7,9-12,30H,2-3,8,13-14H2,1H3,(H,25,26,27,28);4-7,9-12,14H,2-3,8,13H2,1H3,(H,25,26,27,28). The number of aryl methyl sites for hydroxylation is 3. The first kappa shape index (κ1) is 64.1. The van der Waals surface area contributed by atoms with Gasteiger partial charge in [0.2, 0.25) is 17.5 Å². The summed E-state index contributed by atoms with van der Waals surface area (Å²) in [7, 11) is 0. The van der Waals surface area contributed by atoms with Gasteiger partial charge in [0.25, 0.3) is 0 Å². The smallest absolute Gasteiger partial charge is 0.355 e. The molecular weight excluding hydrogens is 1220 g/mol. The number of nitrogens with zero attached hydrogens (tertiary/aromatic N) is 15. The van der Waals surface area contributed by atoms with E-state index in [9.17, 15) is 19.8 Å². The molecule has 0 amide bonds. The van der Waals surface area contributed by atoms with Gasteiger partial charge in [-0.3, -0.25) is 4.79 Å². The summed E-state index contributed by atoms with van der Waals surface area (Å²) < 4.78 is 5.64. The lowest BCUT2D eigenvalue weighted by Gasteiger charge is -2.12. The Labute approximate surface area is 539 Å². The molecule has 0 saturated heterocycles. The fourth-order valence-corrected chi connectivity index (χ4v) is 11.3. The second-order valence-electron chi connectivity index (χ2n) is 21.2. The highest BCUT2D eigenvalue weighted by Crippen LogP contribution is 2.34. The molecule has 6 aromatic carbocycles. The monoisotopic (exact) mass is 1280 g/mol. The molecule has 0 radical (unpaired) electrons. The number of aromatic nitrogens is 18. The number of imidazole rings is 3. The van der Waals surface area contributed by atoms with E-state index in [1.807, 2.05) is 106 Å². The van der Waals surface area contributed by atoms with Crippen LogP contribution in [0.2, 0.25) is 15.5 Å². The number of carbonyl (C=O) groups excluding carboxylic acids is 1. The molecule has 12 rings (SSSR count). The second kappa shape index (κ2) is 31.0. The summed E-state index contributed by atoms with van der Waals surface area (Å²) in [6, 6.07) is 48.2. The zero-order valence-corrected chi connectivity index (χ0v) is 52.4. The van der Waals surface area contributed by atoms with E-state index >= 15 is 0 Å². The highest BCUT2D eigenvalue weighted by Gasteiger charge is 2.23. The minimum Gasteiger partial charge on any atom is -0.476 e. The number of halogens is 3. The molecule has 0 aliphatic rings. The number of rotatable bonds is 24. The molecule has 0 aliphatic heterocycles. The molecule has 6 aromatic heterocycles. The van der Waals surface area contributed by atoms with E-state index in [1.54, 1.807) is 4.57 Å². The third-order valence-electron chi connectivity index (χ3n) is 15.2. The van der Waals surface area contributed by atoms with Crippen LogP contribution in [0.25, 0.3) is 67.5 Å². The largest absolute Gasteiger partial charge is 0.476 e. The summed E-state index contributed by atoms with van der Waals surface area (Å²) in [6.07, 6.45) is 9.15. The number of unbranched alkanes of at least 4 members (excludes halogenated alkanes) is 3. The fraction of sp³-hybridized carbons (Fsp3) is 0.242. The van der Waals surface area contributed by atoms with Gasteiger partial charge in [-0.05, 0) is 85.0 Å². The molecule has 22 nitrogen and oxygen atoms in total. The Morgan fingerprint density at radius 3 is 1.15 bits per heavy atom. The van der Waals surface area contributed by atoms with Crippen molar-refractivity contribution in [3.63, 3.8) is 0 Å². The van der Waals surface area contributed by atoms with Crippen LogP contribution >= 0.6 is 34.8 Å². The van der Waals surface area contributed by atoms with Crippen LogP contribution in [0.1, 0.15) is 120 Å². The van der Waals surface area contributed by atoms with Crippen molar-refractivity contribution in [1.82, 2.24) is 90.5 Å². The van der Waals surface area contributed by atoms with Gasteiger partial charge in [-0.25, -0.2) is 19.7 Å². The average Bonchev–Trinajstić information content (AvgIpc) is 4.35. The molecule has 6 heterocycles. The summed E-state index contributed by atoms with van der Waals surface area (Å²) in [6.45, 7) is 7.76. The normalized spacial score (nSPS) is 11.1. The minimum absolute atomic E-state index is 0.0271. The van der Waals surface area contributed by atoms with Crippen molar-refractivity contribution >= 4 is 47.1 Å². The number of carboxylic acid groups (broad SMARTS) is 1. The van der Waals surface area contributed by atoms with Crippen molar-refractivity contribution in [1.29, 1.82) is 0 Å². The van der Waals surface area contributed by atoms with Crippen molar-refractivity contribution in [3.8, 4) is 67.5 Å². The van der Waals surface area contributed by atoms with Crippen LogP contribution in [0.4, 0.5) is 0 Å². The topological polar surface area (TPSA) is 291 Å². The van der Waals surface area contributed by atoms with Gasteiger partial charge in [-0.15, -0.1) is 30.6 Å². The van der Waals surface area contributed by atoms with E-state index in [-0.39, 0.29) is 22.6 Å².